The van der Waals surface area contributed by atoms with Gasteiger partial charge in [-0.1, -0.05) is 0 Å². The van der Waals surface area contributed by atoms with Crippen LogP contribution in [0.3, 0.4) is 0 Å². The molecule has 1 aromatic rings. The Labute approximate surface area is 91.6 Å². The Kier molecular flexibility index (Phi) is 3.45. The maximum Gasteiger partial charge on any atom is 0.292 e. The molecular formula is C8H10N2O5S. The van der Waals surface area contributed by atoms with Gasteiger partial charge in [0, 0.05) is 6.07 Å². The summed E-state index contributed by atoms with van der Waals surface area (Å²) in [6, 6.07) is 3.14. The van der Waals surface area contributed by atoms with Gasteiger partial charge in [0.15, 0.2) is 9.84 Å². The fourth-order valence-corrected chi connectivity index (χ4v) is 2.19. The van der Waals surface area contributed by atoms with E-state index in [-0.39, 0.29) is 16.3 Å². The van der Waals surface area contributed by atoms with Gasteiger partial charge in [0.1, 0.15) is 5.69 Å². The summed E-state index contributed by atoms with van der Waals surface area (Å²) in [5.41, 5.74) is 4.78. The van der Waals surface area contributed by atoms with Crippen LogP contribution in [0.25, 0.3) is 0 Å². The van der Waals surface area contributed by atoms with Gasteiger partial charge < -0.3 is 10.8 Å². The van der Waals surface area contributed by atoms with Crippen LogP contribution in [0.15, 0.2) is 23.1 Å². The summed E-state index contributed by atoms with van der Waals surface area (Å²) in [7, 11) is -3.63. The van der Waals surface area contributed by atoms with E-state index in [0.717, 1.165) is 18.2 Å². The zero-order valence-electron chi connectivity index (χ0n) is 8.16. The molecule has 0 saturated carbocycles. The highest BCUT2D eigenvalue weighted by atomic mass is 32.2. The quantitative estimate of drug-likeness (QED) is 0.436. The van der Waals surface area contributed by atoms with Crippen molar-refractivity contribution in [1.82, 2.24) is 0 Å². The maximum atomic E-state index is 11.5. The molecule has 0 fully saturated rings. The lowest BCUT2D eigenvalue weighted by atomic mass is 10.3. The summed E-state index contributed by atoms with van der Waals surface area (Å²) >= 11 is 0. The SMILES string of the molecule is Nc1cc(S(=O)(=O)CCO)ccc1[N+](=O)[O-]. The molecule has 0 aliphatic heterocycles. The number of aliphatic hydroxyl groups excluding tert-OH is 1. The Morgan fingerprint density at radius 1 is 1.44 bits per heavy atom. The van der Waals surface area contributed by atoms with E-state index in [1.54, 1.807) is 0 Å². The average Bonchev–Trinajstić information content (AvgIpc) is 2.16. The number of benzene rings is 1. The van der Waals surface area contributed by atoms with E-state index in [0.29, 0.717) is 0 Å². The van der Waals surface area contributed by atoms with Gasteiger partial charge in [-0.25, -0.2) is 8.42 Å². The molecule has 7 nitrogen and oxygen atoms in total. The number of anilines is 1. The standard InChI is InChI=1S/C8H10N2O5S/c9-7-5-6(16(14,15)4-3-11)1-2-8(7)10(12)13/h1-2,5,11H,3-4,9H2. The van der Waals surface area contributed by atoms with Gasteiger partial charge in [0.2, 0.25) is 0 Å². The smallest absolute Gasteiger partial charge is 0.292 e. The predicted molar refractivity (Wildman–Crippen MR) is 56.6 cm³/mol. The molecule has 0 bridgehead atoms. The van der Waals surface area contributed by atoms with E-state index in [2.05, 4.69) is 0 Å². The number of hydrogen-bond acceptors (Lipinski definition) is 6. The lowest BCUT2D eigenvalue weighted by molar-refractivity contribution is -0.383. The Bertz CT molecular complexity index is 511. The number of nitro benzene ring substituents is 1. The number of nitrogens with two attached hydrogens (primary N) is 1. The first-order valence-corrected chi connectivity index (χ1v) is 5.91. The van der Waals surface area contributed by atoms with Crippen LogP contribution >= 0.6 is 0 Å². The second-order valence-corrected chi connectivity index (χ2v) is 5.13. The third kappa shape index (κ3) is 2.47. The summed E-state index contributed by atoms with van der Waals surface area (Å²) in [6.45, 7) is -0.515. The molecule has 1 rings (SSSR count). The van der Waals surface area contributed by atoms with E-state index in [1.165, 1.54) is 0 Å². The van der Waals surface area contributed by atoms with E-state index in [9.17, 15) is 18.5 Å². The number of rotatable bonds is 4. The van der Waals surface area contributed by atoms with Crippen molar-refractivity contribution in [2.75, 3.05) is 18.1 Å². The van der Waals surface area contributed by atoms with Gasteiger partial charge in [0.25, 0.3) is 5.69 Å². The molecule has 88 valence electrons. The van der Waals surface area contributed by atoms with Crippen LogP contribution in [-0.4, -0.2) is 30.8 Å². The van der Waals surface area contributed by atoms with Crippen molar-refractivity contribution < 1.29 is 18.4 Å². The lowest BCUT2D eigenvalue weighted by Crippen LogP contribution is -2.10. The minimum Gasteiger partial charge on any atom is -0.395 e. The molecule has 16 heavy (non-hydrogen) atoms. The maximum absolute atomic E-state index is 11.5. The molecule has 0 saturated heterocycles. The third-order valence-corrected chi connectivity index (χ3v) is 3.61. The Hall–Kier alpha value is -1.67. The van der Waals surface area contributed by atoms with Gasteiger partial charge in [0.05, 0.1) is 22.2 Å². The van der Waals surface area contributed by atoms with Crippen molar-refractivity contribution in [2.45, 2.75) is 4.90 Å². The highest BCUT2D eigenvalue weighted by molar-refractivity contribution is 7.91. The summed E-state index contributed by atoms with van der Waals surface area (Å²) in [5.74, 6) is -0.440. The van der Waals surface area contributed by atoms with Crippen molar-refractivity contribution in [2.24, 2.45) is 0 Å². The Morgan fingerprint density at radius 2 is 2.06 bits per heavy atom. The lowest BCUT2D eigenvalue weighted by Gasteiger charge is -2.03. The number of nitrogens with zero attached hydrogens (tertiary/aromatic N) is 1. The van der Waals surface area contributed by atoms with Crippen molar-refractivity contribution in [3.05, 3.63) is 28.3 Å². The zero-order valence-corrected chi connectivity index (χ0v) is 8.98. The molecule has 3 N–H and O–H groups in total. The number of sulfone groups is 1. The summed E-state index contributed by atoms with van der Waals surface area (Å²) < 4.78 is 23.0. The summed E-state index contributed by atoms with van der Waals surface area (Å²) in [6.07, 6.45) is 0. The molecule has 0 heterocycles. The van der Waals surface area contributed by atoms with Crippen molar-refractivity contribution in [3.63, 3.8) is 0 Å². The van der Waals surface area contributed by atoms with Crippen molar-refractivity contribution in [1.29, 1.82) is 0 Å². The van der Waals surface area contributed by atoms with Crippen LogP contribution in [0, 0.1) is 10.1 Å². The number of nitro groups is 1. The van der Waals surface area contributed by atoms with Crippen LogP contribution in [0.2, 0.25) is 0 Å². The minimum atomic E-state index is -3.63. The fraction of sp³-hybridized carbons (Fsp3) is 0.250. The van der Waals surface area contributed by atoms with Gasteiger partial charge in [-0.3, -0.25) is 10.1 Å². The highest BCUT2D eigenvalue weighted by Gasteiger charge is 2.18. The van der Waals surface area contributed by atoms with Crippen LogP contribution in [0.5, 0.6) is 0 Å². The monoisotopic (exact) mass is 246 g/mol. The van der Waals surface area contributed by atoms with Gasteiger partial charge >= 0.3 is 0 Å². The van der Waals surface area contributed by atoms with E-state index < -0.39 is 27.1 Å². The van der Waals surface area contributed by atoms with E-state index >= 15 is 0 Å². The van der Waals surface area contributed by atoms with Gasteiger partial charge in [-0.15, -0.1) is 0 Å². The third-order valence-electron chi connectivity index (χ3n) is 1.91. The first kappa shape index (κ1) is 12.4. The number of hydrogen-bond donors (Lipinski definition) is 2. The Morgan fingerprint density at radius 3 is 2.50 bits per heavy atom. The molecule has 0 amide bonds. The van der Waals surface area contributed by atoms with Crippen LogP contribution in [0.1, 0.15) is 0 Å². The first-order chi connectivity index (χ1) is 7.38. The molecule has 0 aliphatic carbocycles. The zero-order chi connectivity index (χ0) is 12.3. The van der Waals surface area contributed by atoms with E-state index in [4.69, 9.17) is 10.8 Å². The molecule has 0 unspecified atom stereocenters. The molecule has 1 aromatic carbocycles. The molecule has 0 aromatic heterocycles. The molecule has 8 heteroatoms. The minimum absolute atomic E-state index is 0.135. The predicted octanol–water partition coefficient (Wildman–Crippen LogP) is -0.0570. The average molecular weight is 246 g/mol. The van der Waals surface area contributed by atoms with Crippen molar-refractivity contribution >= 4 is 21.2 Å². The second-order valence-electron chi connectivity index (χ2n) is 3.02. The second kappa shape index (κ2) is 4.45. The van der Waals surface area contributed by atoms with Crippen molar-refractivity contribution in [3.8, 4) is 0 Å². The molecule has 0 radical (unpaired) electrons. The summed E-state index contributed by atoms with van der Waals surface area (Å²) in [5, 5.41) is 19.0. The van der Waals surface area contributed by atoms with Gasteiger partial charge in [-0.2, -0.15) is 0 Å². The largest absolute Gasteiger partial charge is 0.395 e. The summed E-state index contributed by atoms with van der Waals surface area (Å²) in [4.78, 5) is 9.61. The van der Waals surface area contributed by atoms with Crippen LogP contribution in [-0.2, 0) is 9.84 Å². The topological polar surface area (TPSA) is 124 Å². The fourth-order valence-electron chi connectivity index (χ4n) is 1.13. The number of nitrogen functional groups attached to an aromatic ring is 1. The van der Waals surface area contributed by atoms with Crippen LogP contribution < -0.4 is 5.73 Å². The normalized spacial score (nSPS) is 11.3. The highest BCUT2D eigenvalue weighted by Crippen LogP contribution is 2.24. The first-order valence-electron chi connectivity index (χ1n) is 4.26. The number of aliphatic hydroxyl groups is 1. The Balaban J connectivity index is 3.21. The van der Waals surface area contributed by atoms with Gasteiger partial charge in [-0.05, 0) is 12.1 Å². The molecule has 0 spiro atoms. The molecule has 0 atom stereocenters. The molecular weight excluding hydrogens is 236 g/mol. The molecule has 0 aliphatic rings. The van der Waals surface area contributed by atoms with E-state index in [1.807, 2.05) is 0 Å². The van der Waals surface area contributed by atoms with Crippen LogP contribution in [0.4, 0.5) is 11.4 Å².